The number of hydrogen-bond donors (Lipinski definition) is 0. The molecular weight excluding hydrogens is 386 g/mol. The lowest BCUT2D eigenvalue weighted by molar-refractivity contribution is -0.386. The number of rotatable bonds is 9. The van der Waals surface area contributed by atoms with Gasteiger partial charge in [0.25, 0.3) is 0 Å². The summed E-state index contributed by atoms with van der Waals surface area (Å²) in [6.07, 6.45) is 5.87. The monoisotopic (exact) mass is 411 g/mol. The second-order valence-corrected chi connectivity index (χ2v) is 7.06. The van der Waals surface area contributed by atoms with Crippen molar-refractivity contribution in [2.75, 3.05) is 0 Å². The number of unbranched alkanes of at least 4 members (excludes halogenated alkanes) is 2. The summed E-state index contributed by atoms with van der Waals surface area (Å²) in [5.74, 6) is 0. The smallest absolute Gasteiger partial charge is 0.287 e. The number of benzene rings is 1. The third-order valence-corrected chi connectivity index (χ3v) is 4.93. The van der Waals surface area contributed by atoms with Gasteiger partial charge in [0.15, 0.2) is 0 Å². The Kier molecular flexibility index (Phi) is 6.61. The molecule has 1 aromatic carbocycles. The number of nitrogens with zero attached hydrogens (tertiary/aromatic N) is 5. The van der Waals surface area contributed by atoms with Gasteiger partial charge >= 0.3 is 16.9 Å². The highest BCUT2D eigenvalue weighted by Crippen LogP contribution is 2.27. The van der Waals surface area contributed by atoms with Crippen molar-refractivity contribution in [1.82, 2.24) is 18.9 Å². The largest absolute Gasteiger partial charge is 0.358 e. The highest BCUT2D eigenvalue weighted by molar-refractivity contribution is 5.68. The van der Waals surface area contributed by atoms with Crippen LogP contribution in [0.5, 0.6) is 0 Å². The second kappa shape index (κ2) is 9.34. The molecular formula is C21H25N5O4. The molecule has 0 saturated carbocycles. The van der Waals surface area contributed by atoms with Gasteiger partial charge in [-0.3, -0.25) is 24.0 Å². The fourth-order valence-electron chi connectivity index (χ4n) is 3.35. The summed E-state index contributed by atoms with van der Waals surface area (Å²) in [6, 6.07) is 9.27. The molecule has 0 N–H and O–H groups in total. The minimum atomic E-state index is -0.867. The Morgan fingerprint density at radius 2 is 1.63 bits per heavy atom. The van der Waals surface area contributed by atoms with Crippen LogP contribution in [0.3, 0.4) is 0 Å². The maximum absolute atomic E-state index is 13.1. The average molecular weight is 411 g/mol. The Morgan fingerprint density at radius 1 is 1.00 bits per heavy atom. The minimum absolute atomic E-state index is 0.0124. The highest BCUT2D eigenvalue weighted by atomic mass is 16.6. The van der Waals surface area contributed by atoms with E-state index in [2.05, 4.69) is 5.10 Å². The van der Waals surface area contributed by atoms with Crippen LogP contribution < -0.4 is 11.2 Å². The first kappa shape index (κ1) is 21.2. The number of aromatic nitrogens is 4. The summed E-state index contributed by atoms with van der Waals surface area (Å²) in [4.78, 5) is 37.3. The van der Waals surface area contributed by atoms with Crippen molar-refractivity contribution in [2.24, 2.45) is 0 Å². The van der Waals surface area contributed by atoms with Crippen molar-refractivity contribution in [3.05, 3.63) is 73.7 Å². The highest BCUT2D eigenvalue weighted by Gasteiger charge is 2.29. The van der Waals surface area contributed by atoms with E-state index in [0.29, 0.717) is 18.4 Å². The molecule has 0 bridgehead atoms. The van der Waals surface area contributed by atoms with Crippen molar-refractivity contribution in [3.63, 3.8) is 0 Å². The predicted octanol–water partition coefficient (Wildman–Crippen LogP) is 3.37. The van der Waals surface area contributed by atoms with E-state index in [1.54, 1.807) is 10.9 Å². The normalized spacial score (nSPS) is 11.0. The standard InChI is InChI=1S/C21H25N5O4/c1-3-5-12-23-18(16-14-22-25(15-16)17-10-8-7-9-11-17)19(26(29)30)20(27)24(21(23)28)13-6-4-2/h7-11,14-15H,3-6,12-13H2,1-2H3. The summed E-state index contributed by atoms with van der Waals surface area (Å²) >= 11 is 0. The molecule has 3 aromatic rings. The molecule has 2 heterocycles. The maximum atomic E-state index is 13.1. The van der Waals surface area contributed by atoms with Gasteiger partial charge in [0.1, 0.15) is 5.69 Å². The quantitative estimate of drug-likeness (QED) is 0.396. The van der Waals surface area contributed by atoms with Crippen molar-refractivity contribution in [1.29, 1.82) is 0 Å². The lowest BCUT2D eigenvalue weighted by Crippen LogP contribution is -2.42. The van der Waals surface area contributed by atoms with Gasteiger partial charge in [0, 0.05) is 24.8 Å². The molecule has 0 spiro atoms. The van der Waals surface area contributed by atoms with Gasteiger partial charge in [-0.15, -0.1) is 0 Å². The fourth-order valence-corrected chi connectivity index (χ4v) is 3.35. The SMILES string of the molecule is CCCCn1c(-c2cnn(-c3ccccc3)c2)c([N+](=O)[O-])c(=O)n(CCCC)c1=O. The third-order valence-electron chi connectivity index (χ3n) is 4.93. The zero-order valence-electron chi connectivity index (χ0n) is 17.2. The van der Waals surface area contributed by atoms with Gasteiger partial charge in [0.05, 0.1) is 16.8 Å². The van der Waals surface area contributed by atoms with Gasteiger partial charge < -0.3 is 0 Å². The molecule has 158 valence electrons. The van der Waals surface area contributed by atoms with E-state index in [9.17, 15) is 19.7 Å². The predicted molar refractivity (Wildman–Crippen MR) is 114 cm³/mol. The van der Waals surface area contributed by atoms with E-state index < -0.39 is 21.9 Å². The molecule has 0 radical (unpaired) electrons. The lowest BCUT2D eigenvalue weighted by atomic mass is 10.2. The Labute approximate surface area is 173 Å². The number of nitro groups is 1. The number of para-hydroxylation sites is 1. The Morgan fingerprint density at radius 3 is 2.23 bits per heavy atom. The first-order valence-electron chi connectivity index (χ1n) is 10.1. The van der Waals surface area contributed by atoms with E-state index in [1.165, 1.54) is 10.8 Å². The van der Waals surface area contributed by atoms with Crippen LogP contribution in [0.4, 0.5) is 5.69 Å². The van der Waals surface area contributed by atoms with Crippen LogP contribution in [0.15, 0.2) is 52.3 Å². The van der Waals surface area contributed by atoms with Gasteiger partial charge in [-0.25, -0.2) is 9.48 Å². The Bertz CT molecular complexity index is 1140. The van der Waals surface area contributed by atoms with Crippen LogP contribution in [0, 0.1) is 10.1 Å². The van der Waals surface area contributed by atoms with E-state index in [-0.39, 0.29) is 18.8 Å². The maximum Gasteiger partial charge on any atom is 0.358 e. The number of hydrogen-bond acceptors (Lipinski definition) is 5. The zero-order valence-corrected chi connectivity index (χ0v) is 17.2. The Hall–Kier alpha value is -3.49. The third kappa shape index (κ3) is 4.10. The molecule has 0 unspecified atom stereocenters. The summed E-state index contributed by atoms with van der Waals surface area (Å²) in [7, 11) is 0. The molecule has 0 aliphatic heterocycles. The van der Waals surface area contributed by atoms with Crippen LogP contribution in [0.1, 0.15) is 39.5 Å². The van der Waals surface area contributed by atoms with Crippen LogP contribution in [0.2, 0.25) is 0 Å². The molecule has 0 aliphatic carbocycles. The summed E-state index contributed by atoms with van der Waals surface area (Å²) < 4.78 is 3.91. The van der Waals surface area contributed by atoms with Crippen molar-refractivity contribution in [3.8, 4) is 16.9 Å². The van der Waals surface area contributed by atoms with Gasteiger partial charge in [-0.05, 0) is 25.0 Å². The molecule has 0 aliphatic rings. The van der Waals surface area contributed by atoms with Gasteiger partial charge in [-0.2, -0.15) is 5.10 Å². The van der Waals surface area contributed by atoms with E-state index in [1.807, 2.05) is 44.2 Å². The van der Waals surface area contributed by atoms with Crippen LogP contribution >= 0.6 is 0 Å². The minimum Gasteiger partial charge on any atom is -0.287 e. The van der Waals surface area contributed by atoms with Crippen molar-refractivity contribution >= 4 is 5.69 Å². The molecule has 9 heteroatoms. The van der Waals surface area contributed by atoms with Crippen LogP contribution in [0.25, 0.3) is 16.9 Å². The van der Waals surface area contributed by atoms with Crippen LogP contribution in [-0.4, -0.2) is 23.8 Å². The molecule has 3 rings (SSSR count). The van der Waals surface area contributed by atoms with E-state index >= 15 is 0 Å². The molecule has 0 fully saturated rings. The van der Waals surface area contributed by atoms with Gasteiger partial charge in [-0.1, -0.05) is 44.9 Å². The first-order chi connectivity index (χ1) is 14.5. The van der Waals surface area contributed by atoms with E-state index in [4.69, 9.17) is 0 Å². The van der Waals surface area contributed by atoms with Crippen molar-refractivity contribution in [2.45, 2.75) is 52.6 Å². The zero-order chi connectivity index (χ0) is 21.7. The van der Waals surface area contributed by atoms with E-state index in [0.717, 1.165) is 23.1 Å². The fraction of sp³-hybridized carbons (Fsp3) is 0.381. The molecule has 0 saturated heterocycles. The molecule has 0 amide bonds. The summed E-state index contributed by atoms with van der Waals surface area (Å²) in [5.41, 5.74) is -0.833. The molecule has 0 atom stereocenters. The lowest BCUT2D eigenvalue weighted by Gasteiger charge is -2.14. The van der Waals surface area contributed by atoms with Gasteiger partial charge in [0.2, 0.25) is 0 Å². The topological polar surface area (TPSA) is 105 Å². The first-order valence-corrected chi connectivity index (χ1v) is 10.1. The Balaban J connectivity index is 2.27. The molecule has 2 aromatic heterocycles. The van der Waals surface area contributed by atoms with Crippen LogP contribution in [-0.2, 0) is 13.1 Å². The second-order valence-electron chi connectivity index (χ2n) is 7.06. The summed E-state index contributed by atoms with van der Waals surface area (Å²) in [6.45, 7) is 4.35. The average Bonchev–Trinajstić information content (AvgIpc) is 3.23. The molecule has 9 nitrogen and oxygen atoms in total. The molecule has 30 heavy (non-hydrogen) atoms. The van der Waals surface area contributed by atoms with Crippen molar-refractivity contribution < 1.29 is 4.92 Å². The summed E-state index contributed by atoms with van der Waals surface area (Å²) in [5, 5.41) is 16.2.